The first kappa shape index (κ1) is 17.0. The molecule has 4 nitrogen and oxygen atoms in total. The number of hydrogen-bond acceptors (Lipinski definition) is 3. The molecule has 3 heterocycles. The van der Waals surface area contributed by atoms with Gasteiger partial charge in [0.2, 0.25) is 0 Å². The van der Waals surface area contributed by atoms with Crippen molar-refractivity contribution in [1.82, 2.24) is 19.4 Å². The van der Waals surface area contributed by atoms with Gasteiger partial charge < -0.3 is 4.57 Å². The van der Waals surface area contributed by atoms with Crippen LogP contribution in [0.15, 0.2) is 55.0 Å². The molecule has 0 N–H and O–H groups in total. The highest BCUT2D eigenvalue weighted by Crippen LogP contribution is 2.29. The zero-order chi connectivity index (χ0) is 19.3. The van der Waals surface area contributed by atoms with E-state index >= 15 is 0 Å². The van der Waals surface area contributed by atoms with Crippen molar-refractivity contribution in [3.63, 3.8) is 0 Å². The number of halogens is 2. The fourth-order valence-corrected chi connectivity index (χ4v) is 3.83. The number of pyridine rings is 1. The van der Waals surface area contributed by atoms with E-state index in [1.165, 1.54) is 12.1 Å². The molecule has 4 aromatic rings. The van der Waals surface area contributed by atoms with Gasteiger partial charge in [-0.25, -0.2) is 13.8 Å². The van der Waals surface area contributed by atoms with E-state index in [4.69, 9.17) is 0 Å². The molecule has 1 aliphatic rings. The Bertz CT molecular complexity index is 1150. The number of nitrogens with zero attached hydrogens (tertiary/aromatic N) is 4. The van der Waals surface area contributed by atoms with E-state index in [0.29, 0.717) is 18.7 Å². The fraction of sp³-hybridized carbons (Fsp3) is 0.182. The lowest BCUT2D eigenvalue weighted by Crippen LogP contribution is -2.18. The average Bonchev–Trinajstić information content (AvgIpc) is 3.27. The number of rotatable bonds is 3. The molecule has 0 spiro atoms. The van der Waals surface area contributed by atoms with Crippen LogP contribution in [0.2, 0.25) is 0 Å². The van der Waals surface area contributed by atoms with Crippen LogP contribution in [0.25, 0.3) is 22.2 Å². The third-order valence-corrected chi connectivity index (χ3v) is 5.33. The van der Waals surface area contributed by atoms with Gasteiger partial charge in [-0.2, -0.15) is 0 Å². The molecule has 140 valence electrons. The Kier molecular flexibility index (Phi) is 3.94. The smallest absolute Gasteiger partial charge is 0.131 e. The van der Waals surface area contributed by atoms with Crippen molar-refractivity contribution in [2.24, 2.45) is 7.05 Å². The first-order chi connectivity index (χ1) is 13.6. The summed E-state index contributed by atoms with van der Waals surface area (Å²) in [4.78, 5) is 10.6. The monoisotopic (exact) mass is 376 g/mol. The summed E-state index contributed by atoms with van der Waals surface area (Å²) in [6.45, 7) is 1.48. The van der Waals surface area contributed by atoms with Gasteiger partial charge in [-0.1, -0.05) is 12.1 Å². The molecular formula is C22H18F2N4. The van der Waals surface area contributed by atoms with E-state index in [1.807, 2.05) is 46.8 Å². The summed E-state index contributed by atoms with van der Waals surface area (Å²) in [5.41, 5.74) is 5.24. The van der Waals surface area contributed by atoms with Crippen molar-refractivity contribution in [1.29, 1.82) is 0 Å². The molecule has 28 heavy (non-hydrogen) atoms. The molecule has 0 unspecified atom stereocenters. The first-order valence-electron chi connectivity index (χ1n) is 9.13. The SMILES string of the molecule is Cn1cnc2ccc(-c3cc(F)c(CN4Cc5cccnc5C4)c(F)c3)cc21. The van der Waals surface area contributed by atoms with Crippen molar-refractivity contribution in [2.75, 3.05) is 0 Å². The predicted molar refractivity (Wildman–Crippen MR) is 103 cm³/mol. The van der Waals surface area contributed by atoms with Crippen LogP contribution in [0.4, 0.5) is 8.78 Å². The van der Waals surface area contributed by atoms with E-state index in [-0.39, 0.29) is 12.1 Å². The Morgan fingerprint density at radius 1 is 0.964 bits per heavy atom. The molecule has 2 aromatic carbocycles. The number of imidazole rings is 1. The standard InChI is InChI=1S/C22H18F2N4/c1-27-13-26-20-5-4-14(9-22(20)27)16-7-18(23)17(19(24)8-16)11-28-10-15-3-2-6-25-21(15)12-28/h2-9,13H,10-12H2,1H3. The minimum absolute atomic E-state index is 0.0955. The molecule has 0 fully saturated rings. The van der Waals surface area contributed by atoms with Crippen molar-refractivity contribution in [3.05, 3.63) is 83.4 Å². The fourth-order valence-electron chi connectivity index (χ4n) is 3.83. The molecule has 0 radical (unpaired) electrons. The minimum Gasteiger partial charge on any atom is -0.334 e. The average molecular weight is 376 g/mol. The maximum atomic E-state index is 14.8. The predicted octanol–water partition coefficient (Wildman–Crippen LogP) is 4.43. The van der Waals surface area contributed by atoms with Gasteiger partial charge in [-0.3, -0.25) is 9.88 Å². The summed E-state index contributed by atoms with van der Waals surface area (Å²) in [6.07, 6.45) is 3.47. The van der Waals surface area contributed by atoms with Gasteiger partial charge in [-0.05, 0) is 47.0 Å². The van der Waals surface area contributed by atoms with Crippen LogP contribution in [0.5, 0.6) is 0 Å². The Morgan fingerprint density at radius 2 is 1.79 bits per heavy atom. The zero-order valence-electron chi connectivity index (χ0n) is 15.4. The number of benzene rings is 2. The highest BCUT2D eigenvalue weighted by Gasteiger charge is 2.22. The van der Waals surface area contributed by atoms with Gasteiger partial charge in [0, 0.05) is 38.4 Å². The lowest BCUT2D eigenvalue weighted by Gasteiger charge is -2.16. The van der Waals surface area contributed by atoms with Crippen LogP contribution in [0, 0.1) is 11.6 Å². The molecule has 2 aromatic heterocycles. The van der Waals surface area contributed by atoms with Crippen molar-refractivity contribution >= 4 is 11.0 Å². The third-order valence-electron chi connectivity index (χ3n) is 5.33. The molecule has 1 aliphatic heterocycles. The summed E-state index contributed by atoms with van der Waals surface area (Å²) in [5.74, 6) is -1.05. The van der Waals surface area contributed by atoms with E-state index in [2.05, 4.69) is 9.97 Å². The summed E-state index contributed by atoms with van der Waals surface area (Å²) >= 11 is 0. The van der Waals surface area contributed by atoms with Crippen LogP contribution in [0.3, 0.4) is 0 Å². The van der Waals surface area contributed by atoms with Crippen LogP contribution < -0.4 is 0 Å². The Hall–Kier alpha value is -3.12. The molecule has 5 rings (SSSR count). The Morgan fingerprint density at radius 3 is 2.57 bits per heavy atom. The summed E-state index contributed by atoms with van der Waals surface area (Å²) in [5, 5.41) is 0. The normalized spacial score (nSPS) is 14.0. The molecule has 0 bridgehead atoms. The first-order valence-corrected chi connectivity index (χ1v) is 9.13. The number of aryl methyl sites for hydroxylation is 1. The van der Waals surface area contributed by atoms with Gasteiger partial charge in [0.15, 0.2) is 0 Å². The second-order valence-electron chi connectivity index (χ2n) is 7.23. The van der Waals surface area contributed by atoms with Gasteiger partial charge in [0.05, 0.1) is 23.1 Å². The van der Waals surface area contributed by atoms with E-state index < -0.39 is 11.6 Å². The number of fused-ring (bicyclic) bond motifs is 2. The number of aromatic nitrogens is 3. The van der Waals surface area contributed by atoms with Crippen LogP contribution in [-0.2, 0) is 26.7 Å². The van der Waals surface area contributed by atoms with Crippen LogP contribution in [-0.4, -0.2) is 19.4 Å². The largest absolute Gasteiger partial charge is 0.334 e. The number of hydrogen-bond donors (Lipinski definition) is 0. The highest BCUT2D eigenvalue weighted by molar-refractivity contribution is 5.82. The molecule has 0 atom stereocenters. The summed E-state index contributed by atoms with van der Waals surface area (Å²) < 4.78 is 31.5. The molecule has 0 aliphatic carbocycles. The second kappa shape index (κ2) is 6.49. The molecule has 0 saturated carbocycles. The minimum atomic E-state index is -0.524. The topological polar surface area (TPSA) is 34.0 Å². The van der Waals surface area contributed by atoms with Crippen LogP contribution in [0.1, 0.15) is 16.8 Å². The Labute approximate surface area is 161 Å². The quantitative estimate of drug-likeness (QED) is 0.530. The van der Waals surface area contributed by atoms with Gasteiger partial charge >= 0.3 is 0 Å². The second-order valence-corrected chi connectivity index (χ2v) is 7.23. The van der Waals surface area contributed by atoms with Crippen molar-refractivity contribution < 1.29 is 8.78 Å². The van der Waals surface area contributed by atoms with Crippen LogP contribution >= 0.6 is 0 Å². The summed E-state index contributed by atoms with van der Waals surface area (Å²) in [6, 6.07) is 12.3. The lowest BCUT2D eigenvalue weighted by atomic mass is 10.0. The lowest BCUT2D eigenvalue weighted by molar-refractivity contribution is 0.265. The van der Waals surface area contributed by atoms with Gasteiger partial charge in [0.1, 0.15) is 11.6 Å². The van der Waals surface area contributed by atoms with Crippen molar-refractivity contribution in [2.45, 2.75) is 19.6 Å². The van der Waals surface area contributed by atoms with E-state index in [0.717, 1.165) is 27.9 Å². The molecular weight excluding hydrogens is 358 g/mol. The maximum Gasteiger partial charge on any atom is 0.131 e. The molecule has 0 amide bonds. The van der Waals surface area contributed by atoms with E-state index in [9.17, 15) is 8.78 Å². The van der Waals surface area contributed by atoms with Gasteiger partial charge in [-0.15, -0.1) is 0 Å². The Balaban J connectivity index is 1.44. The maximum absolute atomic E-state index is 14.8. The van der Waals surface area contributed by atoms with Gasteiger partial charge in [0.25, 0.3) is 0 Å². The third kappa shape index (κ3) is 2.86. The molecule has 0 saturated heterocycles. The molecule has 6 heteroatoms. The van der Waals surface area contributed by atoms with Crippen molar-refractivity contribution in [3.8, 4) is 11.1 Å². The zero-order valence-corrected chi connectivity index (χ0v) is 15.4. The highest BCUT2D eigenvalue weighted by atomic mass is 19.1. The van der Waals surface area contributed by atoms with E-state index in [1.54, 1.807) is 12.5 Å². The summed E-state index contributed by atoms with van der Waals surface area (Å²) in [7, 11) is 1.90.